The van der Waals surface area contributed by atoms with E-state index >= 15 is 0 Å². The number of unbranched alkanes of at least 4 members (excludes halogenated alkanes) is 2. The van der Waals surface area contributed by atoms with Gasteiger partial charge in [-0.05, 0) is 31.5 Å². The molecule has 0 amide bonds. The van der Waals surface area contributed by atoms with E-state index in [4.69, 9.17) is 5.73 Å². The Bertz CT molecular complexity index is 336. The Morgan fingerprint density at radius 1 is 1.22 bits per heavy atom. The molecule has 1 rings (SSSR count). The fourth-order valence-corrected chi connectivity index (χ4v) is 2.33. The van der Waals surface area contributed by atoms with Crippen LogP contribution in [0.3, 0.4) is 0 Å². The molecule has 1 atom stereocenters. The summed E-state index contributed by atoms with van der Waals surface area (Å²) in [6.45, 7) is 6.18. The summed E-state index contributed by atoms with van der Waals surface area (Å²) in [7, 11) is 2.19. The third-order valence-corrected chi connectivity index (χ3v) is 3.72. The molecule has 0 fully saturated rings. The van der Waals surface area contributed by atoms with Gasteiger partial charge in [-0.15, -0.1) is 0 Å². The molecule has 2 nitrogen and oxygen atoms in total. The number of hydrogen-bond donors (Lipinski definition) is 1. The maximum absolute atomic E-state index is 5.91. The second-order valence-electron chi connectivity index (χ2n) is 5.23. The number of aryl methyl sites for hydroxylation is 1. The van der Waals surface area contributed by atoms with Crippen LogP contribution in [0.15, 0.2) is 24.3 Å². The van der Waals surface area contributed by atoms with Crippen LogP contribution in [-0.2, 0) is 6.54 Å². The molecule has 0 aliphatic rings. The molecular formula is C16H28N2. The Kier molecular flexibility index (Phi) is 6.99. The van der Waals surface area contributed by atoms with E-state index in [1.807, 2.05) is 0 Å². The first-order valence-electron chi connectivity index (χ1n) is 7.13. The fourth-order valence-electron chi connectivity index (χ4n) is 2.33. The van der Waals surface area contributed by atoms with Crippen LogP contribution in [0.25, 0.3) is 0 Å². The third-order valence-electron chi connectivity index (χ3n) is 3.72. The zero-order valence-electron chi connectivity index (χ0n) is 12.2. The second kappa shape index (κ2) is 8.28. The first-order valence-corrected chi connectivity index (χ1v) is 7.13. The van der Waals surface area contributed by atoms with Crippen molar-refractivity contribution < 1.29 is 0 Å². The molecule has 1 unspecified atom stereocenters. The Hall–Kier alpha value is -0.860. The van der Waals surface area contributed by atoms with Crippen molar-refractivity contribution in [1.82, 2.24) is 4.90 Å². The molecule has 0 aliphatic heterocycles. The average Bonchev–Trinajstić information content (AvgIpc) is 2.37. The summed E-state index contributed by atoms with van der Waals surface area (Å²) in [5.41, 5.74) is 8.69. The molecule has 0 aliphatic carbocycles. The summed E-state index contributed by atoms with van der Waals surface area (Å²) >= 11 is 0. The van der Waals surface area contributed by atoms with E-state index in [0.29, 0.717) is 6.04 Å². The van der Waals surface area contributed by atoms with Gasteiger partial charge in [0.15, 0.2) is 0 Å². The summed E-state index contributed by atoms with van der Waals surface area (Å²) in [5.74, 6) is 0. The Balaban J connectivity index is 2.51. The predicted molar refractivity (Wildman–Crippen MR) is 79.6 cm³/mol. The first-order chi connectivity index (χ1) is 8.69. The molecule has 1 aromatic carbocycles. The quantitative estimate of drug-likeness (QED) is 0.715. The van der Waals surface area contributed by atoms with Crippen LogP contribution in [0.4, 0.5) is 0 Å². The van der Waals surface area contributed by atoms with E-state index in [0.717, 1.165) is 13.1 Å². The van der Waals surface area contributed by atoms with E-state index in [-0.39, 0.29) is 0 Å². The van der Waals surface area contributed by atoms with Gasteiger partial charge in [0.2, 0.25) is 0 Å². The highest BCUT2D eigenvalue weighted by Gasteiger charge is 2.13. The molecule has 0 spiro atoms. The van der Waals surface area contributed by atoms with Crippen molar-refractivity contribution in [2.45, 2.75) is 52.1 Å². The van der Waals surface area contributed by atoms with Crippen molar-refractivity contribution in [3.63, 3.8) is 0 Å². The lowest BCUT2D eigenvalue weighted by molar-refractivity contribution is 0.222. The fraction of sp³-hybridized carbons (Fsp3) is 0.625. The van der Waals surface area contributed by atoms with Gasteiger partial charge < -0.3 is 5.73 Å². The summed E-state index contributed by atoms with van der Waals surface area (Å²) in [6.07, 6.45) is 5.09. The zero-order chi connectivity index (χ0) is 13.4. The summed E-state index contributed by atoms with van der Waals surface area (Å²) in [5, 5.41) is 0. The highest BCUT2D eigenvalue weighted by molar-refractivity contribution is 5.25. The van der Waals surface area contributed by atoms with Gasteiger partial charge in [-0.2, -0.15) is 0 Å². The SMILES string of the molecule is CCCCCC(CN)N(C)Cc1ccccc1C. The van der Waals surface area contributed by atoms with Crippen LogP contribution in [-0.4, -0.2) is 24.5 Å². The molecule has 0 saturated heterocycles. The van der Waals surface area contributed by atoms with Crippen molar-refractivity contribution in [2.75, 3.05) is 13.6 Å². The molecule has 1 aromatic rings. The predicted octanol–water partition coefficient (Wildman–Crippen LogP) is 3.33. The van der Waals surface area contributed by atoms with Crippen LogP contribution in [0, 0.1) is 6.92 Å². The van der Waals surface area contributed by atoms with Crippen molar-refractivity contribution in [1.29, 1.82) is 0 Å². The van der Waals surface area contributed by atoms with Gasteiger partial charge in [0.1, 0.15) is 0 Å². The van der Waals surface area contributed by atoms with E-state index in [2.05, 4.69) is 50.1 Å². The van der Waals surface area contributed by atoms with Crippen LogP contribution in [0.1, 0.15) is 43.7 Å². The molecule has 0 radical (unpaired) electrons. The lowest BCUT2D eigenvalue weighted by Crippen LogP contribution is -2.37. The lowest BCUT2D eigenvalue weighted by Gasteiger charge is -2.27. The maximum Gasteiger partial charge on any atom is 0.0236 e. The Labute approximate surface area is 112 Å². The third kappa shape index (κ3) is 4.79. The van der Waals surface area contributed by atoms with Crippen molar-refractivity contribution in [3.8, 4) is 0 Å². The van der Waals surface area contributed by atoms with Gasteiger partial charge in [-0.3, -0.25) is 4.90 Å². The Morgan fingerprint density at radius 3 is 2.56 bits per heavy atom. The van der Waals surface area contributed by atoms with E-state index < -0.39 is 0 Å². The number of benzene rings is 1. The summed E-state index contributed by atoms with van der Waals surface area (Å²) in [4.78, 5) is 2.40. The highest BCUT2D eigenvalue weighted by atomic mass is 15.1. The molecule has 2 N–H and O–H groups in total. The topological polar surface area (TPSA) is 29.3 Å². The number of rotatable bonds is 8. The van der Waals surface area contributed by atoms with Gasteiger partial charge in [-0.1, -0.05) is 50.5 Å². The minimum atomic E-state index is 0.510. The number of nitrogens with zero attached hydrogens (tertiary/aromatic N) is 1. The molecular weight excluding hydrogens is 220 g/mol. The molecule has 102 valence electrons. The molecule has 0 aromatic heterocycles. The summed E-state index contributed by atoms with van der Waals surface area (Å²) < 4.78 is 0. The normalized spacial score (nSPS) is 12.9. The standard InChI is InChI=1S/C16H28N2/c1-4-5-6-11-16(12-17)18(3)13-15-10-8-7-9-14(15)2/h7-10,16H,4-6,11-13,17H2,1-3H3. The minimum Gasteiger partial charge on any atom is -0.329 e. The molecule has 0 heterocycles. The first kappa shape index (κ1) is 15.2. The van der Waals surface area contributed by atoms with Gasteiger partial charge >= 0.3 is 0 Å². The van der Waals surface area contributed by atoms with Crippen LogP contribution < -0.4 is 5.73 Å². The smallest absolute Gasteiger partial charge is 0.0236 e. The Morgan fingerprint density at radius 2 is 1.94 bits per heavy atom. The molecule has 2 heteroatoms. The van der Waals surface area contributed by atoms with E-state index in [1.54, 1.807) is 0 Å². The van der Waals surface area contributed by atoms with Crippen molar-refractivity contribution >= 4 is 0 Å². The molecule has 0 bridgehead atoms. The van der Waals surface area contributed by atoms with Crippen LogP contribution in [0.5, 0.6) is 0 Å². The molecule has 0 saturated carbocycles. The maximum atomic E-state index is 5.91. The van der Waals surface area contributed by atoms with Crippen molar-refractivity contribution in [2.24, 2.45) is 5.73 Å². The van der Waals surface area contributed by atoms with Gasteiger partial charge in [-0.25, -0.2) is 0 Å². The van der Waals surface area contributed by atoms with Gasteiger partial charge in [0.05, 0.1) is 0 Å². The lowest BCUT2D eigenvalue weighted by atomic mass is 10.0. The van der Waals surface area contributed by atoms with Crippen LogP contribution >= 0.6 is 0 Å². The van der Waals surface area contributed by atoms with Gasteiger partial charge in [0.25, 0.3) is 0 Å². The number of likely N-dealkylation sites (N-methyl/N-ethyl adjacent to an activating group) is 1. The largest absolute Gasteiger partial charge is 0.329 e. The van der Waals surface area contributed by atoms with Gasteiger partial charge in [0, 0.05) is 19.1 Å². The highest BCUT2D eigenvalue weighted by Crippen LogP contribution is 2.14. The monoisotopic (exact) mass is 248 g/mol. The number of nitrogens with two attached hydrogens (primary N) is 1. The average molecular weight is 248 g/mol. The van der Waals surface area contributed by atoms with E-state index in [1.165, 1.54) is 36.8 Å². The minimum absolute atomic E-state index is 0.510. The zero-order valence-corrected chi connectivity index (χ0v) is 12.2. The second-order valence-corrected chi connectivity index (χ2v) is 5.23. The van der Waals surface area contributed by atoms with Crippen LogP contribution in [0.2, 0.25) is 0 Å². The number of hydrogen-bond acceptors (Lipinski definition) is 2. The van der Waals surface area contributed by atoms with Crippen molar-refractivity contribution in [3.05, 3.63) is 35.4 Å². The summed E-state index contributed by atoms with van der Waals surface area (Å²) in [6, 6.07) is 9.12. The van der Waals surface area contributed by atoms with E-state index in [9.17, 15) is 0 Å². The molecule has 18 heavy (non-hydrogen) atoms.